The summed E-state index contributed by atoms with van der Waals surface area (Å²) in [5.74, 6) is 0.814. The monoisotopic (exact) mass is 266 g/mol. The highest BCUT2D eigenvalue weighted by Crippen LogP contribution is 2.17. The largest absolute Gasteiger partial charge is 0.339 e. The van der Waals surface area contributed by atoms with Crippen LogP contribution in [-0.4, -0.2) is 15.0 Å². The maximum Gasteiger partial charge on any atom is 0.177 e. The van der Waals surface area contributed by atoms with Crippen molar-refractivity contribution in [2.24, 2.45) is 5.73 Å². The summed E-state index contributed by atoms with van der Waals surface area (Å²) in [5.41, 5.74) is 10.2. The first-order valence-electron chi connectivity index (χ1n) is 6.85. The number of nitrogens with two attached hydrogens (primary N) is 1. The number of aromatic amines is 1. The molecule has 4 heteroatoms. The first-order valence-corrected chi connectivity index (χ1v) is 6.85. The second-order valence-corrected chi connectivity index (χ2v) is 5.08. The second kappa shape index (κ2) is 5.43. The molecule has 1 aromatic carbocycles. The molecule has 0 amide bonds. The number of nitrogens with zero attached hydrogens (tertiary/aromatic N) is 2. The standard InChI is InChI=1S/C16H18N4/c1-11-7-10-14-16(18-11)20-15(19-14)13(17)9-8-12-5-3-2-4-6-12/h2-7,10,13H,8-9,17H2,1H3,(H,18,19,20). The molecule has 0 radical (unpaired) electrons. The molecule has 1 unspecified atom stereocenters. The van der Waals surface area contributed by atoms with E-state index in [-0.39, 0.29) is 6.04 Å². The number of rotatable bonds is 4. The predicted octanol–water partition coefficient (Wildman–Crippen LogP) is 2.90. The molecule has 102 valence electrons. The Bertz CT molecular complexity index is 703. The van der Waals surface area contributed by atoms with Crippen LogP contribution in [0.15, 0.2) is 42.5 Å². The Morgan fingerprint density at radius 3 is 2.70 bits per heavy atom. The van der Waals surface area contributed by atoms with Gasteiger partial charge in [-0.15, -0.1) is 0 Å². The molecule has 3 N–H and O–H groups in total. The Morgan fingerprint density at radius 1 is 1.10 bits per heavy atom. The number of benzene rings is 1. The van der Waals surface area contributed by atoms with Gasteiger partial charge in [0, 0.05) is 5.69 Å². The number of hydrogen-bond acceptors (Lipinski definition) is 3. The van der Waals surface area contributed by atoms with Gasteiger partial charge in [-0.3, -0.25) is 0 Å². The number of aromatic nitrogens is 3. The summed E-state index contributed by atoms with van der Waals surface area (Å²) in [6, 6.07) is 14.2. The van der Waals surface area contributed by atoms with E-state index in [1.807, 2.05) is 25.1 Å². The molecule has 0 saturated carbocycles. The van der Waals surface area contributed by atoms with E-state index in [2.05, 4.69) is 39.2 Å². The van der Waals surface area contributed by atoms with Gasteiger partial charge in [-0.05, 0) is 37.5 Å². The Balaban J connectivity index is 1.73. The van der Waals surface area contributed by atoms with E-state index >= 15 is 0 Å². The molecular formula is C16H18N4. The zero-order chi connectivity index (χ0) is 13.9. The summed E-state index contributed by atoms with van der Waals surface area (Å²) >= 11 is 0. The van der Waals surface area contributed by atoms with Crippen molar-refractivity contribution in [2.75, 3.05) is 0 Å². The summed E-state index contributed by atoms with van der Waals surface area (Å²) in [4.78, 5) is 12.2. The maximum atomic E-state index is 6.22. The van der Waals surface area contributed by atoms with Crippen molar-refractivity contribution in [3.8, 4) is 0 Å². The third kappa shape index (κ3) is 2.70. The van der Waals surface area contributed by atoms with Crippen LogP contribution in [-0.2, 0) is 6.42 Å². The highest BCUT2D eigenvalue weighted by Gasteiger charge is 2.12. The van der Waals surface area contributed by atoms with Gasteiger partial charge in [0.1, 0.15) is 5.82 Å². The number of aryl methyl sites for hydroxylation is 2. The molecule has 1 atom stereocenters. The van der Waals surface area contributed by atoms with Crippen molar-refractivity contribution in [1.82, 2.24) is 15.0 Å². The Labute approximate surface area is 118 Å². The van der Waals surface area contributed by atoms with Crippen LogP contribution in [0.2, 0.25) is 0 Å². The first kappa shape index (κ1) is 12.8. The number of pyridine rings is 1. The van der Waals surface area contributed by atoms with E-state index in [0.29, 0.717) is 0 Å². The Hall–Kier alpha value is -2.20. The van der Waals surface area contributed by atoms with Gasteiger partial charge in [-0.1, -0.05) is 30.3 Å². The highest BCUT2D eigenvalue weighted by atomic mass is 15.0. The average molecular weight is 266 g/mol. The third-order valence-corrected chi connectivity index (χ3v) is 3.44. The van der Waals surface area contributed by atoms with Crippen molar-refractivity contribution in [2.45, 2.75) is 25.8 Å². The fourth-order valence-corrected chi connectivity index (χ4v) is 2.28. The van der Waals surface area contributed by atoms with Gasteiger partial charge in [0.25, 0.3) is 0 Å². The van der Waals surface area contributed by atoms with Gasteiger partial charge >= 0.3 is 0 Å². The van der Waals surface area contributed by atoms with E-state index < -0.39 is 0 Å². The van der Waals surface area contributed by atoms with Crippen molar-refractivity contribution < 1.29 is 0 Å². The van der Waals surface area contributed by atoms with Crippen LogP contribution in [0.25, 0.3) is 11.2 Å². The molecule has 0 aliphatic heterocycles. The van der Waals surface area contributed by atoms with Crippen molar-refractivity contribution in [3.63, 3.8) is 0 Å². The summed E-state index contributed by atoms with van der Waals surface area (Å²) < 4.78 is 0. The minimum absolute atomic E-state index is 0.0929. The molecule has 0 bridgehead atoms. The molecular weight excluding hydrogens is 248 g/mol. The highest BCUT2D eigenvalue weighted by molar-refractivity contribution is 5.70. The summed E-state index contributed by atoms with van der Waals surface area (Å²) in [5, 5.41) is 0. The first-order chi connectivity index (χ1) is 9.72. The van der Waals surface area contributed by atoms with Gasteiger partial charge in [-0.25, -0.2) is 9.97 Å². The smallest absolute Gasteiger partial charge is 0.177 e. The molecule has 4 nitrogen and oxygen atoms in total. The SMILES string of the molecule is Cc1ccc2[nH]c(C(N)CCc3ccccc3)nc2n1. The molecule has 0 aliphatic carbocycles. The molecule has 20 heavy (non-hydrogen) atoms. The minimum atomic E-state index is -0.0929. The quantitative estimate of drug-likeness (QED) is 0.763. The molecule has 2 heterocycles. The van der Waals surface area contributed by atoms with Gasteiger partial charge in [0.15, 0.2) is 5.65 Å². The fraction of sp³-hybridized carbons (Fsp3) is 0.250. The number of H-pyrrole nitrogens is 1. The van der Waals surface area contributed by atoms with Crippen LogP contribution in [0.4, 0.5) is 0 Å². The second-order valence-electron chi connectivity index (χ2n) is 5.08. The molecule has 0 fully saturated rings. The minimum Gasteiger partial charge on any atom is -0.339 e. The lowest BCUT2D eigenvalue weighted by Gasteiger charge is -2.08. The fourth-order valence-electron chi connectivity index (χ4n) is 2.28. The van der Waals surface area contributed by atoms with Gasteiger partial charge in [0.05, 0.1) is 11.6 Å². The maximum absolute atomic E-state index is 6.22. The lowest BCUT2D eigenvalue weighted by Crippen LogP contribution is -2.13. The van der Waals surface area contributed by atoms with Crippen molar-refractivity contribution >= 4 is 11.2 Å². The van der Waals surface area contributed by atoms with Crippen LogP contribution in [0.5, 0.6) is 0 Å². The molecule has 0 saturated heterocycles. The summed E-state index contributed by atoms with van der Waals surface area (Å²) in [6.07, 6.45) is 1.81. The zero-order valence-electron chi connectivity index (χ0n) is 11.5. The number of hydrogen-bond donors (Lipinski definition) is 2. The van der Waals surface area contributed by atoms with Gasteiger partial charge in [0.2, 0.25) is 0 Å². The van der Waals surface area contributed by atoms with Crippen LogP contribution < -0.4 is 5.73 Å². The third-order valence-electron chi connectivity index (χ3n) is 3.44. The number of fused-ring (bicyclic) bond motifs is 1. The topological polar surface area (TPSA) is 67.6 Å². The zero-order valence-corrected chi connectivity index (χ0v) is 11.5. The van der Waals surface area contributed by atoms with Crippen LogP contribution >= 0.6 is 0 Å². The van der Waals surface area contributed by atoms with Crippen LogP contribution in [0.1, 0.15) is 29.5 Å². The average Bonchev–Trinajstić information content (AvgIpc) is 2.89. The van der Waals surface area contributed by atoms with E-state index in [4.69, 9.17) is 5.73 Å². The van der Waals surface area contributed by atoms with E-state index in [9.17, 15) is 0 Å². The molecule has 3 aromatic rings. The van der Waals surface area contributed by atoms with Crippen LogP contribution in [0, 0.1) is 6.92 Å². The Kier molecular flexibility index (Phi) is 3.48. The van der Waals surface area contributed by atoms with E-state index in [0.717, 1.165) is 35.5 Å². The van der Waals surface area contributed by atoms with Gasteiger partial charge < -0.3 is 10.7 Å². The Morgan fingerprint density at radius 2 is 1.90 bits per heavy atom. The molecule has 2 aromatic heterocycles. The van der Waals surface area contributed by atoms with Crippen molar-refractivity contribution in [3.05, 3.63) is 59.5 Å². The summed E-state index contributed by atoms with van der Waals surface area (Å²) in [7, 11) is 0. The summed E-state index contributed by atoms with van der Waals surface area (Å²) in [6.45, 7) is 1.96. The van der Waals surface area contributed by atoms with Gasteiger partial charge in [-0.2, -0.15) is 0 Å². The van der Waals surface area contributed by atoms with E-state index in [1.54, 1.807) is 0 Å². The lowest BCUT2D eigenvalue weighted by molar-refractivity contribution is 0.621. The molecule has 3 rings (SSSR count). The van der Waals surface area contributed by atoms with Crippen molar-refractivity contribution in [1.29, 1.82) is 0 Å². The lowest BCUT2D eigenvalue weighted by atomic mass is 10.1. The van der Waals surface area contributed by atoms with Crippen LogP contribution in [0.3, 0.4) is 0 Å². The normalized spacial score (nSPS) is 12.7. The predicted molar refractivity (Wildman–Crippen MR) is 80.3 cm³/mol. The number of imidazole rings is 1. The number of nitrogens with one attached hydrogen (secondary N) is 1. The molecule has 0 spiro atoms. The molecule has 0 aliphatic rings. The van der Waals surface area contributed by atoms with E-state index in [1.165, 1.54) is 5.56 Å².